The van der Waals surface area contributed by atoms with Gasteiger partial charge in [0.2, 0.25) is 0 Å². The summed E-state index contributed by atoms with van der Waals surface area (Å²) in [5.74, 6) is -1.54. The highest BCUT2D eigenvalue weighted by molar-refractivity contribution is 9.10. The van der Waals surface area contributed by atoms with Gasteiger partial charge in [0.05, 0.1) is 16.3 Å². The fraction of sp³-hybridized carbons (Fsp3) is 0. The van der Waals surface area contributed by atoms with Crippen molar-refractivity contribution in [2.75, 3.05) is 5.32 Å². The quantitative estimate of drug-likeness (QED) is 0.865. The van der Waals surface area contributed by atoms with Gasteiger partial charge in [-0.2, -0.15) is 0 Å². The number of anilines is 1. The molecule has 0 aliphatic heterocycles. The number of nitrogens with one attached hydrogen (secondary N) is 1. The molecule has 0 aliphatic carbocycles. The SMILES string of the molecule is O=C(O)c1ccc(Br)cc1NC(=O)c1sccc1Cl. The van der Waals surface area contributed by atoms with E-state index in [4.69, 9.17) is 16.7 Å². The Balaban J connectivity index is 2.33. The van der Waals surface area contributed by atoms with Gasteiger partial charge in [0.25, 0.3) is 5.91 Å². The minimum atomic E-state index is -1.11. The summed E-state index contributed by atoms with van der Waals surface area (Å²) in [6.07, 6.45) is 0. The van der Waals surface area contributed by atoms with E-state index in [2.05, 4.69) is 21.2 Å². The van der Waals surface area contributed by atoms with Crippen molar-refractivity contribution >= 4 is 56.4 Å². The van der Waals surface area contributed by atoms with Crippen LogP contribution in [0.5, 0.6) is 0 Å². The van der Waals surface area contributed by atoms with Crippen LogP contribution >= 0.6 is 38.9 Å². The maximum atomic E-state index is 12.0. The fourth-order valence-electron chi connectivity index (χ4n) is 1.44. The molecule has 7 heteroatoms. The molecule has 0 saturated carbocycles. The van der Waals surface area contributed by atoms with E-state index in [1.54, 1.807) is 17.5 Å². The first-order valence-electron chi connectivity index (χ1n) is 5.06. The second kappa shape index (κ2) is 5.73. The van der Waals surface area contributed by atoms with Crippen LogP contribution in [-0.2, 0) is 0 Å². The predicted octanol–water partition coefficient (Wildman–Crippen LogP) is 4.11. The van der Waals surface area contributed by atoms with E-state index >= 15 is 0 Å². The van der Waals surface area contributed by atoms with Crippen molar-refractivity contribution in [3.8, 4) is 0 Å². The number of amides is 1. The van der Waals surface area contributed by atoms with Gasteiger partial charge in [-0.25, -0.2) is 4.79 Å². The Kier molecular flexibility index (Phi) is 4.24. The number of carboxylic acids is 1. The number of halogens is 2. The molecular formula is C12H7BrClNO3S. The number of thiophene rings is 1. The lowest BCUT2D eigenvalue weighted by atomic mass is 10.2. The second-order valence-electron chi connectivity index (χ2n) is 3.55. The molecule has 0 aliphatic rings. The molecule has 2 rings (SSSR count). The summed E-state index contributed by atoms with van der Waals surface area (Å²) in [6, 6.07) is 6.15. The number of carboxylic acid groups (broad SMARTS) is 1. The molecule has 0 unspecified atom stereocenters. The average molecular weight is 361 g/mol. The monoisotopic (exact) mass is 359 g/mol. The molecule has 1 aromatic heterocycles. The molecule has 0 spiro atoms. The second-order valence-corrected chi connectivity index (χ2v) is 5.79. The third-order valence-electron chi connectivity index (χ3n) is 2.28. The molecule has 98 valence electrons. The topological polar surface area (TPSA) is 66.4 Å². The lowest BCUT2D eigenvalue weighted by Gasteiger charge is -2.08. The number of hydrogen-bond donors (Lipinski definition) is 2. The molecule has 1 amide bonds. The zero-order valence-corrected chi connectivity index (χ0v) is 12.5. The molecule has 19 heavy (non-hydrogen) atoms. The van der Waals surface area contributed by atoms with E-state index in [-0.39, 0.29) is 11.3 Å². The van der Waals surface area contributed by atoms with Gasteiger partial charge in [0.1, 0.15) is 4.88 Å². The van der Waals surface area contributed by atoms with Gasteiger partial charge in [-0.15, -0.1) is 11.3 Å². The van der Waals surface area contributed by atoms with Gasteiger partial charge in [0, 0.05) is 4.47 Å². The Morgan fingerprint density at radius 2 is 2.05 bits per heavy atom. The largest absolute Gasteiger partial charge is 0.478 e. The van der Waals surface area contributed by atoms with Crippen LogP contribution < -0.4 is 5.32 Å². The van der Waals surface area contributed by atoms with E-state index < -0.39 is 11.9 Å². The molecule has 4 nitrogen and oxygen atoms in total. The van der Waals surface area contributed by atoms with Crippen LogP contribution in [0.25, 0.3) is 0 Å². The Bertz CT molecular complexity index is 656. The van der Waals surface area contributed by atoms with Crippen molar-refractivity contribution in [2.45, 2.75) is 0 Å². The number of aromatic carboxylic acids is 1. The average Bonchev–Trinajstić information content (AvgIpc) is 2.75. The fourth-order valence-corrected chi connectivity index (χ4v) is 2.84. The standard InChI is InChI=1S/C12H7BrClNO3S/c13-6-1-2-7(12(17)18)9(5-6)15-11(16)10-8(14)3-4-19-10/h1-5H,(H,15,16)(H,17,18). The Morgan fingerprint density at radius 1 is 1.32 bits per heavy atom. The number of carbonyl (C=O) groups excluding carboxylic acids is 1. The summed E-state index contributed by atoms with van der Waals surface area (Å²) in [5, 5.41) is 13.6. The van der Waals surface area contributed by atoms with Gasteiger partial charge < -0.3 is 10.4 Å². The van der Waals surface area contributed by atoms with Crippen molar-refractivity contribution in [2.24, 2.45) is 0 Å². The normalized spacial score (nSPS) is 10.2. The van der Waals surface area contributed by atoms with Crippen molar-refractivity contribution in [3.63, 3.8) is 0 Å². The summed E-state index contributed by atoms with van der Waals surface area (Å²) in [6.45, 7) is 0. The summed E-state index contributed by atoms with van der Waals surface area (Å²) in [5.41, 5.74) is 0.237. The van der Waals surface area contributed by atoms with Crippen LogP contribution in [0.1, 0.15) is 20.0 Å². The zero-order chi connectivity index (χ0) is 14.0. The van der Waals surface area contributed by atoms with E-state index in [1.165, 1.54) is 23.5 Å². The third kappa shape index (κ3) is 3.15. The van der Waals surface area contributed by atoms with Crippen LogP contribution in [0, 0.1) is 0 Å². The van der Waals surface area contributed by atoms with Gasteiger partial charge >= 0.3 is 5.97 Å². The number of hydrogen-bond acceptors (Lipinski definition) is 3. The Morgan fingerprint density at radius 3 is 2.63 bits per heavy atom. The highest BCUT2D eigenvalue weighted by Crippen LogP contribution is 2.26. The summed E-state index contributed by atoms with van der Waals surface area (Å²) in [4.78, 5) is 23.4. The maximum absolute atomic E-state index is 12.0. The van der Waals surface area contributed by atoms with Gasteiger partial charge in [-0.3, -0.25) is 4.79 Å². The van der Waals surface area contributed by atoms with Gasteiger partial charge in [0.15, 0.2) is 0 Å². The van der Waals surface area contributed by atoms with Gasteiger partial charge in [-0.05, 0) is 29.6 Å². The highest BCUT2D eigenvalue weighted by Gasteiger charge is 2.16. The molecule has 0 radical (unpaired) electrons. The lowest BCUT2D eigenvalue weighted by Crippen LogP contribution is -2.14. The van der Waals surface area contributed by atoms with Crippen LogP contribution in [0.2, 0.25) is 5.02 Å². The molecule has 0 bridgehead atoms. The Hall–Kier alpha value is -1.37. The van der Waals surface area contributed by atoms with Crippen LogP contribution in [0.3, 0.4) is 0 Å². The van der Waals surface area contributed by atoms with Crippen molar-refractivity contribution in [1.29, 1.82) is 0 Å². The minimum Gasteiger partial charge on any atom is -0.478 e. The smallest absolute Gasteiger partial charge is 0.337 e. The van der Waals surface area contributed by atoms with Crippen LogP contribution in [0.4, 0.5) is 5.69 Å². The first-order chi connectivity index (χ1) is 8.99. The number of rotatable bonds is 3. The summed E-state index contributed by atoms with van der Waals surface area (Å²) in [7, 11) is 0. The Labute approximate surface area is 126 Å². The minimum absolute atomic E-state index is 0.0178. The van der Waals surface area contributed by atoms with Crippen LogP contribution in [0.15, 0.2) is 34.1 Å². The summed E-state index contributed by atoms with van der Waals surface area (Å²) < 4.78 is 0.671. The molecule has 0 atom stereocenters. The number of benzene rings is 1. The molecule has 2 aromatic rings. The first-order valence-corrected chi connectivity index (χ1v) is 7.11. The summed E-state index contributed by atoms with van der Waals surface area (Å²) >= 11 is 10.3. The van der Waals surface area contributed by atoms with E-state index in [0.29, 0.717) is 14.4 Å². The maximum Gasteiger partial charge on any atom is 0.337 e. The van der Waals surface area contributed by atoms with E-state index in [0.717, 1.165) is 0 Å². The van der Waals surface area contributed by atoms with E-state index in [1.807, 2.05) is 0 Å². The lowest BCUT2D eigenvalue weighted by molar-refractivity contribution is 0.0698. The van der Waals surface area contributed by atoms with Crippen molar-refractivity contribution in [3.05, 3.63) is 49.6 Å². The van der Waals surface area contributed by atoms with Gasteiger partial charge in [-0.1, -0.05) is 27.5 Å². The highest BCUT2D eigenvalue weighted by atomic mass is 79.9. The van der Waals surface area contributed by atoms with Crippen molar-refractivity contribution < 1.29 is 14.7 Å². The first kappa shape index (κ1) is 14.0. The molecule has 0 saturated heterocycles. The predicted molar refractivity (Wildman–Crippen MR) is 78.4 cm³/mol. The molecular weight excluding hydrogens is 354 g/mol. The van der Waals surface area contributed by atoms with Crippen molar-refractivity contribution in [1.82, 2.24) is 0 Å². The third-order valence-corrected chi connectivity index (χ3v) is 4.12. The molecule has 2 N–H and O–H groups in total. The van der Waals surface area contributed by atoms with E-state index in [9.17, 15) is 9.59 Å². The van der Waals surface area contributed by atoms with Crippen LogP contribution in [-0.4, -0.2) is 17.0 Å². The molecule has 0 fully saturated rings. The molecule has 1 heterocycles. The zero-order valence-electron chi connectivity index (χ0n) is 9.31. The number of carbonyl (C=O) groups is 2. The molecule has 1 aromatic carbocycles.